The van der Waals surface area contributed by atoms with Crippen molar-refractivity contribution >= 4 is 27.8 Å². The molecule has 0 spiro atoms. The van der Waals surface area contributed by atoms with E-state index in [0.717, 1.165) is 17.3 Å². The van der Waals surface area contributed by atoms with Crippen LogP contribution in [0.15, 0.2) is 27.6 Å². The summed E-state index contributed by atoms with van der Waals surface area (Å²) in [5.74, 6) is -0.644. The maximum Gasteiger partial charge on any atom is 0.328 e. The van der Waals surface area contributed by atoms with Gasteiger partial charge in [0.25, 0.3) is 5.56 Å². The predicted octanol–water partition coefficient (Wildman–Crippen LogP) is 1.16. The smallest absolute Gasteiger partial charge is 0.328 e. The molecular weight excluding hydrogens is 340 g/mol. The Labute approximate surface area is 130 Å². The number of amides is 1. The lowest BCUT2D eigenvalue weighted by Crippen LogP contribution is -2.50. The molecule has 1 amide bonds. The Balaban J connectivity index is 2.16. The van der Waals surface area contributed by atoms with Gasteiger partial charge in [-0.15, -0.1) is 0 Å². The molecule has 1 saturated heterocycles. The largest absolute Gasteiger partial charge is 0.467 e. The summed E-state index contributed by atoms with van der Waals surface area (Å²) in [6.45, 7) is 0.438. The highest BCUT2D eigenvalue weighted by atomic mass is 79.9. The van der Waals surface area contributed by atoms with Gasteiger partial charge < -0.3 is 14.2 Å². The van der Waals surface area contributed by atoms with Crippen LogP contribution in [0.4, 0.5) is 0 Å². The molecule has 1 aliphatic rings. The third kappa shape index (κ3) is 3.72. The number of methoxy groups -OCH3 is 1. The standard InChI is InChI=1S/C14H17BrN2O4/c1-21-14(20)11-4-2-3-7-17(11)13(19)9-16-8-10(15)5-6-12(16)18/h5-6,8,11H,2-4,7,9H2,1H3/t11-/m1/s1. The van der Waals surface area contributed by atoms with Gasteiger partial charge in [-0.1, -0.05) is 0 Å². The van der Waals surface area contributed by atoms with Gasteiger partial charge in [0.1, 0.15) is 12.6 Å². The van der Waals surface area contributed by atoms with E-state index < -0.39 is 12.0 Å². The molecule has 0 radical (unpaired) electrons. The van der Waals surface area contributed by atoms with Crippen LogP contribution < -0.4 is 5.56 Å². The maximum atomic E-state index is 12.4. The molecule has 1 aromatic rings. The summed E-state index contributed by atoms with van der Waals surface area (Å²) in [5, 5.41) is 0. The summed E-state index contributed by atoms with van der Waals surface area (Å²) in [5.41, 5.74) is -0.252. The van der Waals surface area contributed by atoms with Crippen LogP contribution in [0.5, 0.6) is 0 Å². The van der Waals surface area contributed by atoms with Crippen molar-refractivity contribution in [1.82, 2.24) is 9.47 Å². The van der Waals surface area contributed by atoms with E-state index >= 15 is 0 Å². The summed E-state index contributed by atoms with van der Waals surface area (Å²) < 4.78 is 6.80. The number of hydrogen-bond donors (Lipinski definition) is 0. The van der Waals surface area contributed by atoms with E-state index in [1.165, 1.54) is 22.6 Å². The van der Waals surface area contributed by atoms with Gasteiger partial charge in [0.15, 0.2) is 0 Å². The molecule has 2 heterocycles. The summed E-state index contributed by atoms with van der Waals surface area (Å²) in [4.78, 5) is 37.4. The molecule has 0 unspecified atom stereocenters. The first kappa shape index (κ1) is 15.8. The van der Waals surface area contributed by atoms with Crippen LogP contribution in [0.3, 0.4) is 0 Å². The molecule has 0 saturated carbocycles. The third-order valence-electron chi connectivity index (χ3n) is 3.55. The minimum absolute atomic E-state index is 0.0776. The fraction of sp³-hybridized carbons (Fsp3) is 0.500. The van der Waals surface area contributed by atoms with Gasteiger partial charge in [-0.05, 0) is 41.3 Å². The number of pyridine rings is 1. The van der Waals surface area contributed by atoms with E-state index in [1.54, 1.807) is 12.3 Å². The predicted molar refractivity (Wildman–Crippen MR) is 79.8 cm³/mol. The zero-order valence-electron chi connectivity index (χ0n) is 11.8. The second-order valence-corrected chi connectivity index (χ2v) is 5.85. The van der Waals surface area contributed by atoms with Crippen LogP contribution in [-0.2, 0) is 20.9 Å². The molecule has 1 atom stereocenters. The lowest BCUT2D eigenvalue weighted by molar-refractivity contribution is -0.154. The SMILES string of the molecule is COC(=O)[C@H]1CCCCN1C(=O)Cn1cc(Br)ccc1=O. The number of hydrogen-bond acceptors (Lipinski definition) is 4. The van der Waals surface area contributed by atoms with E-state index in [2.05, 4.69) is 15.9 Å². The quantitative estimate of drug-likeness (QED) is 0.762. The van der Waals surface area contributed by atoms with Crippen LogP contribution in [-0.4, -0.2) is 41.0 Å². The molecule has 1 aromatic heterocycles. The molecule has 0 N–H and O–H groups in total. The van der Waals surface area contributed by atoms with Gasteiger partial charge in [-0.2, -0.15) is 0 Å². The minimum atomic E-state index is -0.542. The number of esters is 1. The number of piperidine rings is 1. The summed E-state index contributed by atoms with van der Waals surface area (Å²) in [6.07, 6.45) is 3.91. The van der Waals surface area contributed by atoms with E-state index in [-0.39, 0.29) is 18.0 Å². The van der Waals surface area contributed by atoms with E-state index in [4.69, 9.17) is 4.74 Å². The average Bonchev–Trinajstić information content (AvgIpc) is 2.50. The number of likely N-dealkylation sites (tertiary alicyclic amines) is 1. The Morgan fingerprint density at radius 1 is 1.38 bits per heavy atom. The number of aromatic nitrogens is 1. The highest BCUT2D eigenvalue weighted by Gasteiger charge is 2.32. The summed E-state index contributed by atoms with van der Waals surface area (Å²) in [6, 6.07) is 2.48. The monoisotopic (exact) mass is 356 g/mol. The fourth-order valence-electron chi connectivity index (χ4n) is 2.47. The van der Waals surface area contributed by atoms with E-state index in [1.807, 2.05) is 0 Å². The van der Waals surface area contributed by atoms with Crippen molar-refractivity contribution in [2.45, 2.75) is 31.8 Å². The zero-order valence-corrected chi connectivity index (χ0v) is 13.3. The zero-order chi connectivity index (χ0) is 15.4. The third-order valence-corrected chi connectivity index (χ3v) is 4.02. The van der Waals surface area contributed by atoms with Gasteiger partial charge in [0.2, 0.25) is 5.91 Å². The Morgan fingerprint density at radius 2 is 2.14 bits per heavy atom. The number of carbonyl (C=O) groups is 2. The van der Waals surface area contributed by atoms with Crippen molar-refractivity contribution in [3.05, 3.63) is 33.2 Å². The van der Waals surface area contributed by atoms with Gasteiger partial charge in [0, 0.05) is 23.3 Å². The van der Waals surface area contributed by atoms with Crippen molar-refractivity contribution in [2.24, 2.45) is 0 Å². The van der Waals surface area contributed by atoms with Gasteiger partial charge in [-0.3, -0.25) is 9.59 Å². The Morgan fingerprint density at radius 3 is 2.86 bits per heavy atom. The molecule has 0 aromatic carbocycles. The van der Waals surface area contributed by atoms with Crippen molar-refractivity contribution in [3.8, 4) is 0 Å². The molecule has 0 aliphatic carbocycles. The molecule has 2 rings (SSSR count). The molecule has 1 aliphatic heterocycles. The van der Waals surface area contributed by atoms with Crippen molar-refractivity contribution in [2.75, 3.05) is 13.7 Å². The van der Waals surface area contributed by atoms with Crippen molar-refractivity contribution < 1.29 is 14.3 Å². The second-order valence-electron chi connectivity index (χ2n) is 4.94. The van der Waals surface area contributed by atoms with Gasteiger partial charge in [0.05, 0.1) is 7.11 Å². The number of carbonyl (C=O) groups excluding carboxylic acids is 2. The molecule has 21 heavy (non-hydrogen) atoms. The Bertz CT molecular complexity index is 599. The minimum Gasteiger partial charge on any atom is -0.467 e. The maximum absolute atomic E-state index is 12.4. The van der Waals surface area contributed by atoms with Crippen LogP contribution in [0.1, 0.15) is 19.3 Å². The summed E-state index contributed by atoms with van der Waals surface area (Å²) >= 11 is 3.27. The average molecular weight is 357 g/mol. The highest BCUT2D eigenvalue weighted by molar-refractivity contribution is 9.10. The first-order chi connectivity index (χ1) is 10.0. The molecule has 114 valence electrons. The normalized spacial score (nSPS) is 18.4. The number of ether oxygens (including phenoxy) is 1. The Hall–Kier alpha value is -1.63. The number of rotatable bonds is 3. The van der Waals surface area contributed by atoms with Crippen LogP contribution in [0, 0.1) is 0 Å². The van der Waals surface area contributed by atoms with Crippen LogP contribution in [0.2, 0.25) is 0 Å². The van der Waals surface area contributed by atoms with Gasteiger partial charge in [-0.25, -0.2) is 4.79 Å². The lowest BCUT2D eigenvalue weighted by atomic mass is 10.0. The van der Waals surface area contributed by atoms with E-state index in [9.17, 15) is 14.4 Å². The van der Waals surface area contributed by atoms with Gasteiger partial charge >= 0.3 is 5.97 Å². The highest BCUT2D eigenvalue weighted by Crippen LogP contribution is 2.18. The Kier molecular flexibility index (Phi) is 5.17. The van der Waals surface area contributed by atoms with Crippen LogP contribution >= 0.6 is 15.9 Å². The van der Waals surface area contributed by atoms with E-state index in [0.29, 0.717) is 13.0 Å². The second kappa shape index (κ2) is 6.89. The molecule has 0 bridgehead atoms. The number of halogens is 1. The van der Waals surface area contributed by atoms with Crippen LogP contribution in [0.25, 0.3) is 0 Å². The fourth-order valence-corrected chi connectivity index (χ4v) is 2.85. The van der Waals surface area contributed by atoms with Crippen molar-refractivity contribution in [3.63, 3.8) is 0 Å². The summed E-state index contributed by atoms with van der Waals surface area (Å²) in [7, 11) is 1.32. The van der Waals surface area contributed by atoms with Crippen molar-refractivity contribution in [1.29, 1.82) is 0 Å². The molecular formula is C14H17BrN2O4. The first-order valence-electron chi connectivity index (χ1n) is 6.76. The first-order valence-corrected chi connectivity index (χ1v) is 7.55. The molecule has 6 nitrogen and oxygen atoms in total. The lowest BCUT2D eigenvalue weighted by Gasteiger charge is -2.33. The topological polar surface area (TPSA) is 68.6 Å². The molecule has 1 fully saturated rings. The number of nitrogens with zero attached hydrogens (tertiary/aromatic N) is 2. The molecule has 7 heteroatoms.